The number of hydrogen-bond acceptors (Lipinski definition) is 3. The second kappa shape index (κ2) is 3.90. The van der Waals surface area contributed by atoms with Crippen LogP contribution in [0.25, 0.3) is 11.3 Å². The largest absolute Gasteiger partial charge is 0.261 e. The summed E-state index contributed by atoms with van der Waals surface area (Å²) in [5.74, 6) is -0.401. The van der Waals surface area contributed by atoms with E-state index in [-0.39, 0.29) is 0 Å². The van der Waals surface area contributed by atoms with Crippen LogP contribution in [0.4, 0.5) is 4.39 Å². The second-order valence-electron chi connectivity index (χ2n) is 3.03. The Labute approximate surface area is 91.0 Å². The van der Waals surface area contributed by atoms with E-state index in [9.17, 15) is 4.39 Å². The smallest absolute Gasteiger partial charge is 0.142 e. The third kappa shape index (κ3) is 1.94. The number of nitrogens with zero attached hydrogens (tertiary/aromatic N) is 3. The van der Waals surface area contributed by atoms with Gasteiger partial charge in [-0.05, 0) is 13.0 Å². The van der Waals surface area contributed by atoms with Crippen LogP contribution in [-0.2, 0) is 0 Å². The molecule has 0 fully saturated rings. The van der Waals surface area contributed by atoms with E-state index in [2.05, 4.69) is 15.0 Å². The van der Waals surface area contributed by atoms with Crippen molar-refractivity contribution >= 4 is 11.6 Å². The minimum absolute atomic E-state index is 0.365. The Hall–Kier alpha value is -1.55. The van der Waals surface area contributed by atoms with Gasteiger partial charge in [0.2, 0.25) is 0 Å². The van der Waals surface area contributed by atoms with Gasteiger partial charge in [-0.1, -0.05) is 11.6 Å². The first kappa shape index (κ1) is 9.98. The zero-order chi connectivity index (χ0) is 10.8. The van der Waals surface area contributed by atoms with Crippen molar-refractivity contribution < 1.29 is 4.39 Å². The first-order valence-corrected chi connectivity index (χ1v) is 4.64. The fourth-order valence-corrected chi connectivity index (χ4v) is 1.39. The predicted molar refractivity (Wildman–Crippen MR) is 55.0 cm³/mol. The highest BCUT2D eigenvalue weighted by Gasteiger charge is 2.08. The third-order valence-electron chi connectivity index (χ3n) is 2.00. The molecular weight excluding hydrogens is 217 g/mol. The monoisotopic (exact) mass is 223 g/mol. The van der Waals surface area contributed by atoms with E-state index >= 15 is 0 Å². The highest BCUT2D eigenvalue weighted by atomic mass is 35.5. The van der Waals surface area contributed by atoms with Gasteiger partial charge in [-0.3, -0.25) is 4.98 Å². The summed E-state index contributed by atoms with van der Waals surface area (Å²) in [6.45, 7) is 1.78. The molecule has 0 aliphatic rings. The summed E-state index contributed by atoms with van der Waals surface area (Å²) in [5.41, 5.74) is 1.91. The van der Waals surface area contributed by atoms with Crippen LogP contribution < -0.4 is 0 Å². The molecule has 3 nitrogen and oxygen atoms in total. The lowest BCUT2D eigenvalue weighted by atomic mass is 10.1. The van der Waals surface area contributed by atoms with E-state index in [1.807, 2.05) is 0 Å². The van der Waals surface area contributed by atoms with Crippen LogP contribution in [0.3, 0.4) is 0 Å². The van der Waals surface area contributed by atoms with E-state index in [0.717, 1.165) is 6.20 Å². The molecule has 0 amide bonds. The van der Waals surface area contributed by atoms with Gasteiger partial charge in [0, 0.05) is 17.3 Å². The molecule has 0 saturated carbocycles. The summed E-state index contributed by atoms with van der Waals surface area (Å²) in [7, 11) is 0. The number of pyridine rings is 1. The lowest BCUT2D eigenvalue weighted by molar-refractivity contribution is 0.622. The molecule has 2 rings (SSSR count). The minimum atomic E-state index is -0.401. The Balaban J connectivity index is 2.59. The standard InChI is InChI=1S/C10H7ClFN3/c1-6-9(14-5-15-10(6)11)7-2-8(12)4-13-3-7/h2-5H,1H3. The van der Waals surface area contributed by atoms with Gasteiger partial charge in [0.05, 0.1) is 11.9 Å². The van der Waals surface area contributed by atoms with Crippen LogP contribution in [0.15, 0.2) is 24.8 Å². The SMILES string of the molecule is Cc1c(Cl)ncnc1-c1cncc(F)c1. The molecule has 2 aromatic heterocycles. The normalized spacial score (nSPS) is 10.3. The molecule has 2 aromatic rings. The van der Waals surface area contributed by atoms with Crippen LogP contribution in [-0.4, -0.2) is 15.0 Å². The van der Waals surface area contributed by atoms with Crippen molar-refractivity contribution in [3.05, 3.63) is 41.3 Å². The van der Waals surface area contributed by atoms with E-state index in [1.165, 1.54) is 18.6 Å². The maximum Gasteiger partial charge on any atom is 0.142 e. The Bertz CT molecular complexity index is 502. The molecular formula is C10H7ClFN3. The number of aromatic nitrogens is 3. The summed E-state index contributed by atoms with van der Waals surface area (Å²) in [4.78, 5) is 11.6. The van der Waals surface area contributed by atoms with E-state index in [0.29, 0.717) is 22.0 Å². The summed E-state index contributed by atoms with van der Waals surface area (Å²) in [6.07, 6.45) is 4.02. The Kier molecular flexibility index (Phi) is 2.60. The molecule has 0 radical (unpaired) electrons. The van der Waals surface area contributed by atoms with Crippen LogP contribution in [0.1, 0.15) is 5.56 Å². The summed E-state index contributed by atoms with van der Waals surface area (Å²) < 4.78 is 12.9. The van der Waals surface area contributed by atoms with Crippen LogP contribution in [0.2, 0.25) is 5.15 Å². The summed E-state index contributed by atoms with van der Waals surface area (Å²) in [5, 5.41) is 0.365. The first-order valence-electron chi connectivity index (χ1n) is 4.26. The molecule has 0 spiro atoms. The predicted octanol–water partition coefficient (Wildman–Crippen LogP) is 2.64. The Morgan fingerprint density at radius 2 is 2.07 bits per heavy atom. The van der Waals surface area contributed by atoms with Crippen molar-refractivity contribution in [3.8, 4) is 11.3 Å². The molecule has 2 heterocycles. The highest BCUT2D eigenvalue weighted by Crippen LogP contribution is 2.23. The van der Waals surface area contributed by atoms with E-state index in [1.54, 1.807) is 6.92 Å². The molecule has 0 aromatic carbocycles. The van der Waals surface area contributed by atoms with Gasteiger partial charge in [0.25, 0.3) is 0 Å². The Morgan fingerprint density at radius 3 is 2.80 bits per heavy atom. The average Bonchev–Trinajstić information content (AvgIpc) is 2.22. The number of hydrogen-bond donors (Lipinski definition) is 0. The fraction of sp³-hybridized carbons (Fsp3) is 0.100. The topological polar surface area (TPSA) is 38.7 Å². The maximum atomic E-state index is 12.9. The van der Waals surface area contributed by atoms with Crippen LogP contribution >= 0.6 is 11.6 Å². The van der Waals surface area contributed by atoms with Crippen LogP contribution in [0.5, 0.6) is 0 Å². The van der Waals surface area contributed by atoms with Gasteiger partial charge in [-0.25, -0.2) is 14.4 Å². The van der Waals surface area contributed by atoms with Crippen molar-refractivity contribution in [1.29, 1.82) is 0 Å². The zero-order valence-corrected chi connectivity index (χ0v) is 8.66. The van der Waals surface area contributed by atoms with Crippen molar-refractivity contribution in [2.45, 2.75) is 6.92 Å². The quantitative estimate of drug-likeness (QED) is 0.698. The van der Waals surface area contributed by atoms with Crippen molar-refractivity contribution in [1.82, 2.24) is 15.0 Å². The average molecular weight is 224 g/mol. The molecule has 0 saturated heterocycles. The molecule has 76 valence electrons. The molecule has 5 heteroatoms. The molecule has 0 aliphatic heterocycles. The van der Waals surface area contributed by atoms with Crippen molar-refractivity contribution in [2.75, 3.05) is 0 Å². The fourth-order valence-electron chi connectivity index (χ4n) is 1.26. The van der Waals surface area contributed by atoms with Gasteiger partial charge < -0.3 is 0 Å². The third-order valence-corrected chi connectivity index (χ3v) is 2.38. The molecule has 0 unspecified atom stereocenters. The molecule has 0 aliphatic carbocycles. The molecule has 15 heavy (non-hydrogen) atoms. The molecule has 0 N–H and O–H groups in total. The lowest BCUT2D eigenvalue weighted by Crippen LogP contribution is -1.93. The van der Waals surface area contributed by atoms with Crippen molar-refractivity contribution in [3.63, 3.8) is 0 Å². The summed E-state index contributed by atoms with van der Waals surface area (Å²) >= 11 is 5.84. The van der Waals surface area contributed by atoms with Gasteiger partial charge >= 0.3 is 0 Å². The lowest BCUT2D eigenvalue weighted by Gasteiger charge is -2.04. The van der Waals surface area contributed by atoms with Crippen LogP contribution in [0, 0.1) is 12.7 Å². The highest BCUT2D eigenvalue weighted by molar-refractivity contribution is 6.30. The summed E-state index contributed by atoms with van der Waals surface area (Å²) in [6, 6.07) is 1.36. The van der Waals surface area contributed by atoms with Gasteiger partial charge in [0.1, 0.15) is 17.3 Å². The second-order valence-corrected chi connectivity index (χ2v) is 3.39. The zero-order valence-electron chi connectivity index (χ0n) is 7.91. The number of halogens is 2. The maximum absolute atomic E-state index is 12.9. The molecule has 0 bridgehead atoms. The van der Waals surface area contributed by atoms with Gasteiger partial charge in [0.15, 0.2) is 0 Å². The van der Waals surface area contributed by atoms with Gasteiger partial charge in [-0.15, -0.1) is 0 Å². The van der Waals surface area contributed by atoms with E-state index < -0.39 is 5.82 Å². The van der Waals surface area contributed by atoms with E-state index in [4.69, 9.17) is 11.6 Å². The van der Waals surface area contributed by atoms with Crippen molar-refractivity contribution in [2.24, 2.45) is 0 Å². The Morgan fingerprint density at radius 1 is 1.27 bits per heavy atom. The molecule has 0 atom stereocenters. The van der Waals surface area contributed by atoms with Gasteiger partial charge in [-0.2, -0.15) is 0 Å². The first-order chi connectivity index (χ1) is 7.18. The number of rotatable bonds is 1. The minimum Gasteiger partial charge on any atom is -0.261 e.